The Hall–Kier alpha value is -2.52. The third-order valence-corrected chi connectivity index (χ3v) is 6.39. The topological polar surface area (TPSA) is 92.3 Å². The standard InChI is InChI=1S/C20H22N4O3S2/c1-3-26-15-8-13-7-12(2)27-16(13)9-14(15)11-29-20-23-22-19(17-5-4-6-28-17)24(20)10-18(21)25/h4-6,8-9,12H,3,7,10-11H2,1-2H3,(H2,21,25)/t12-/m0/s1. The zero-order chi connectivity index (χ0) is 20.4. The number of ether oxygens (including phenoxy) is 2. The molecule has 1 aliphatic heterocycles. The van der Waals surface area contributed by atoms with E-state index in [2.05, 4.69) is 23.2 Å². The highest BCUT2D eigenvalue weighted by Crippen LogP contribution is 2.38. The Labute approximate surface area is 177 Å². The molecule has 29 heavy (non-hydrogen) atoms. The minimum atomic E-state index is -0.431. The number of thioether (sulfide) groups is 1. The SMILES string of the molecule is CCOc1cc2c(cc1CSc1nnc(-c3cccs3)n1CC(N)=O)O[C@@H](C)C2. The molecule has 1 atom stereocenters. The zero-order valence-electron chi connectivity index (χ0n) is 16.3. The van der Waals surface area contributed by atoms with Gasteiger partial charge in [-0.15, -0.1) is 21.5 Å². The van der Waals surface area contributed by atoms with Crippen LogP contribution >= 0.6 is 23.1 Å². The number of carbonyl (C=O) groups is 1. The number of hydrogen-bond acceptors (Lipinski definition) is 7. The van der Waals surface area contributed by atoms with E-state index in [0.29, 0.717) is 23.3 Å². The van der Waals surface area contributed by atoms with Gasteiger partial charge in [0.05, 0.1) is 11.5 Å². The number of carbonyl (C=O) groups excluding carboxylic acids is 1. The molecule has 1 aromatic carbocycles. The number of thiophene rings is 1. The number of hydrogen-bond donors (Lipinski definition) is 1. The smallest absolute Gasteiger partial charge is 0.237 e. The van der Waals surface area contributed by atoms with E-state index in [-0.39, 0.29) is 12.6 Å². The molecule has 0 unspecified atom stereocenters. The molecule has 0 saturated carbocycles. The second-order valence-corrected chi connectivity index (χ2v) is 8.65. The van der Waals surface area contributed by atoms with E-state index in [0.717, 1.165) is 28.4 Å². The molecule has 7 nitrogen and oxygen atoms in total. The number of benzene rings is 1. The minimum Gasteiger partial charge on any atom is -0.494 e. The molecule has 2 aromatic heterocycles. The third-order valence-electron chi connectivity index (χ3n) is 4.51. The van der Waals surface area contributed by atoms with Gasteiger partial charge in [-0.05, 0) is 37.4 Å². The van der Waals surface area contributed by atoms with Gasteiger partial charge in [0, 0.05) is 23.3 Å². The molecule has 4 rings (SSSR count). The van der Waals surface area contributed by atoms with Crippen molar-refractivity contribution in [2.45, 2.75) is 43.8 Å². The Morgan fingerprint density at radius 1 is 1.45 bits per heavy atom. The van der Waals surface area contributed by atoms with Crippen LogP contribution in [0, 0.1) is 0 Å². The van der Waals surface area contributed by atoms with Crippen molar-refractivity contribution in [2.75, 3.05) is 6.61 Å². The van der Waals surface area contributed by atoms with Crippen LogP contribution in [0.1, 0.15) is 25.0 Å². The van der Waals surface area contributed by atoms with Crippen LogP contribution in [0.5, 0.6) is 11.5 Å². The van der Waals surface area contributed by atoms with Crippen LogP contribution in [-0.4, -0.2) is 33.4 Å². The molecule has 0 saturated heterocycles. The first-order valence-corrected chi connectivity index (χ1v) is 11.2. The fraction of sp³-hybridized carbons (Fsp3) is 0.350. The van der Waals surface area contributed by atoms with Crippen LogP contribution in [0.2, 0.25) is 0 Å². The van der Waals surface area contributed by atoms with Gasteiger partial charge in [-0.2, -0.15) is 0 Å². The van der Waals surface area contributed by atoms with Crippen molar-refractivity contribution in [1.82, 2.24) is 14.8 Å². The first kappa shape index (κ1) is 19.8. The summed E-state index contributed by atoms with van der Waals surface area (Å²) in [5, 5.41) is 11.2. The summed E-state index contributed by atoms with van der Waals surface area (Å²) in [6.45, 7) is 4.66. The number of rotatable bonds is 8. The molecule has 1 amide bonds. The predicted octanol–water partition coefficient (Wildman–Crippen LogP) is 3.51. The number of amides is 1. The quantitative estimate of drug-likeness (QED) is 0.550. The monoisotopic (exact) mass is 430 g/mol. The summed E-state index contributed by atoms with van der Waals surface area (Å²) in [6.07, 6.45) is 1.06. The Morgan fingerprint density at radius 3 is 3.03 bits per heavy atom. The predicted molar refractivity (Wildman–Crippen MR) is 113 cm³/mol. The molecule has 2 N–H and O–H groups in total. The van der Waals surface area contributed by atoms with Crippen molar-refractivity contribution < 1.29 is 14.3 Å². The molecule has 0 fully saturated rings. The molecule has 152 valence electrons. The van der Waals surface area contributed by atoms with Crippen LogP contribution in [-0.2, 0) is 23.5 Å². The maximum Gasteiger partial charge on any atom is 0.237 e. The van der Waals surface area contributed by atoms with Crippen molar-refractivity contribution in [3.8, 4) is 22.2 Å². The first-order valence-electron chi connectivity index (χ1n) is 9.38. The van der Waals surface area contributed by atoms with Crippen molar-refractivity contribution in [1.29, 1.82) is 0 Å². The van der Waals surface area contributed by atoms with Gasteiger partial charge >= 0.3 is 0 Å². The maximum absolute atomic E-state index is 11.6. The number of primary amides is 1. The number of nitrogens with zero attached hydrogens (tertiary/aromatic N) is 3. The summed E-state index contributed by atoms with van der Waals surface area (Å²) in [5.41, 5.74) is 7.66. The van der Waals surface area contributed by atoms with Gasteiger partial charge in [0.25, 0.3) is 0 Å². The summed E-state index contributed by atoms with van der Waals surface area (Å²) in [6, 6.07) is 8.01. The summed E-state index contributed by atoms with van der Waals surface area (Å²) in [4.78, 5) is 12.6. The van der Waals surface area contributed by atoms with E-state index in [4.69, 9.17) is 15.2 Å². The summed E-state index contributed by atoms with van der Waals surface area (Å²) in [5.74, 6) is 2.60. The average molecular weight is 431 g/mol. The number of nitrogens with two attached hydrogens (primary N) is 1. The fourth-order valence-corrected chi connectivity index (χ4v) is 4.94. The molecule has 9 heteroatoms. The molecule has 1 aliphatic rings. The lowest BCUT2D eigenvalue weighted by atomic mass is 10.1. The Morgan fingerprint density at radius 2 is 2.31 bits per heavy atom. The Kier molecular flexibility index (Phi) is 5.77. The van der Waals surface area contributed by atoms with Crippen molar-refractivity contribution >= 4 is 29.0 Å². The molecule has 0 radical (unpaired) electrons. The van der Waals surface area contributed by atoms with E-state index >= 15 is 0 Å². The van der Waals surface area contributed by atoms with Crippen LogP contribution in [0.4, 0.5) is 0 Å². The lowest BCUT2D eigenvalue weighted by molar-refractivity contribution is -0.118. The van der Waals surface area contributed by atoms with Crippen LogP contribution in [0.25, 0.3) is 10.7 Å². The Balaban J connectivity index is 1.61. The molecule has 0 bridgehead atoms. The van der Waals surface area contributed by atoms with Crippen molar-refractivity contribution in [3.05, 3.63) is 40.8 Å². The van der Waals surface area contributed by atoms with Crippen LogP contribution < -0.4 is 15.2 Å². The van der Waals surface area contributed by atoms with E-state index in [9.17, 15) is 4.79 Å². The molecular formula is C20H22N4O3S2. The maximum atomic E-state index is 11.6. The van der Waals surface area contributed by atoms with Crippen molar-refractivity contribution in [3.63, 3.8) is 0 Å². The lowest BCUT2D eigenvalue weighted by Crippen LogP contribution is -2.19. The fourth-order valence-electron chi connectivity index (χ4n) is 3.31. The van der Waals surface area contributed by atoms with Crippen LogP contribution in [0.15, 0.2) is 34.8 Å². The number of aromatic nitrogens is 3. The highest BCUT2D eigenvalue weighted by Gasteiger charge is 2.23. The number of fused-ring (bicyclic) bond motifs is 1. The van der Waals surface area contributed by atoms with E-state index < -0.39 is 5.91 Å². The van der Waals surface area contributed by atoms with Crippen molar-refractivity contribution in [2.24, 2.45) is 5.73 Å². The van der Waals surface area contributed by atoms with Gasteiger partial charge in [0.2, 0.25) is 5.91 Å². The van der Waals surface area contributed by atoms with Gasteiger partial charge < -0.3 is 15.2 Å². The van der Waals surface area contributed by atoms with Gasteiger partial charge in [-0.1, -0.05) is 17.8 Å². The third kappa shape index (κ3) is 4.25. The van der Waals surface area contributed by atoms with E-state index in [1.165, 1.54) is 17.3 Å². The normalized spacial score (nSPS) is 15.2. The van der Waals surface area contributed by atoms with E-state index in [1.807, 2.05) is 30.5 Å². The van der Waals surface area contributed by atoms with Gasteiger partial charge in [-0.25, -0.2) is 0 Å². The highest BCUT2D eigenvalue weighted by atomic mass is 32.2. The highest BCUT2D eigenvalue weighted by molar-refractivity contribution is 7.98. The molecular weight excluding hydrogens is 408 g/mol. The Bertz CT molecular complexity index is 1020. The van der Waals surface area contributed by atoms with Gasteiger partial charge in [0.1, 0.15) is 24.1 Å². The van der Waals surface area contributed by atoms with E-state index in [1.54, 1.807) is 15.9 Å². The summed E-state index contributed by atoms with van der Waals surface area (Å²) < 4.78 is 13.5. The lowest BCUT2D eigenvalue weighted by Gasteiger charge is -2.13. The second-order valence-electron chi connectivity index (χ2n) is 6.76. The van der Waals surface area contributed by atoms with Gasteiger partial charge in [-0.3, -0.25) is 9.36 Å². The average Bonchev–Trinajstić information content (AvgIpc) is 3.39. The van der Waals surface area contributed by atoms with Gasteiger partial charge in [0.15, 0.2) is 11.0 Å². The summed E-state index contributed by atoms with van der Waals surface area (Å²) in [7, 11) is 0. The molecule has 0 spiro atoms. The largest absolute Gasteiger partial charge is 0.494 e. The molecule has 3 aromatic rings. The van der Waals surface area contributed by atoms with Crippen LogP contribution in [0.3, 0.4) is 0 Å². The summed E-state index contributed by atoms with van der Waals surface area (Å²) >= 11 is 3.04. The molecule has 0 aliphatic carbocycles. The molecule has 3 heterocycles. The minimum absolute atomic E-state index is 0.0334. The first-order chi connectivity index (χ1) is 14.0. The second kappa shape index (κ2) is 8.46. The zero-order valence-corrected chi connectivity index (χ0v) is 17.9.